The van der Waals surface area contributed by atoms with Crippen molar-refractivity contribution >= 4 is 0 Å². The van der Waals surface area contributed by atoms with Crippen molar-refractivity contribution in [1.82, 2.24) is 0 Å². The highest BCUT2D eigenvalue weighted by atomic mass is 14.6. The highest BCUT2D eigenvalue weighted by Gasteiger charge is 2.15. The molecule has 0 bridgehead atoms. The molecule has 1 unspecified atom stereocenters. The smallest absolute Gasteiger partial charge is 0.0323 e. The van der Waals surface area contributed by atoms with Crippen molar-refractivity contribution in [2.45, 2.75) is 52.5 Å². The first-order valence-electron chi connectivity index (χ1n) is 6.57. The summed E-state index contributed by atoms with van der Waals surface area (Å²) in [5.41, 5.74) is 9.05. The van der Waals surface area contributed by atoms with Crippen LogP contribution in [0.4, 0.5) is 0 Å². The molecule has 1 heteroatoms. The summed E-state index contributed by atoms with van der Waals surface area (Å²) in [6, 6.07) is 9.00. The second-order valence-electron chi connectivity index (χ2n) is 4.60. The van der Waals surface area contributed by atoms with E-state index in [-0.39, 0.29) is 6.04 Å². The Hall–Kier alpha value is -0.820. The Morgan fingerprint density at radius 3 is 2.38 bits per heavy atom. The third kappa shape index (κ3) is 3.34. The van der Waals surface area contributed by atoms with Crippen LogP contribution in [-0.4, -0.2) is 0 Å². The molecule has 0 radical (unpaired) electrons. The highest BCUT2D eigenvalue weighted by Crippen LogP contribution is 2.25. The Kier molecular flexibility index (Phi) is 5.54. The van der Waals surface area contributed by atoms with Crippen LogP contribution in [0.2, 0.25) is 0 Å². The third-order valence-electron chi connectivity index (χ3n) is 3.43. The van der Waals surface area contributed by atoms with Gasteiger partial charge in [0.15, 0.2) is 0 Å². The molecule has 0 spiro atoms. The zero-order valence-electron chi connectivity index (χ0n) is 10.9. The monoisotopic (exact) mass is 219 g/mol. The van der Waals surface area contributed by atoms with E-state index in [1.165, 1.54) is 17.5 Å². The van der Waals surface area contributed by atoms with Gasteiger partial charge in [0.05, 0.1) is 0 Å². The van der Waals surface area contributed by atoms with Crippen LogP contribution < -0.4 is 5.73 Å². The zero-order chi connectivity index (χ0) is 12.0. The average Bonchev–Trinajstić information content (AvgIpc) is 2.31. The average molecular weight is 219 g/mol. The molecule has 0 saturated heterocycles. The van der Waals surface area contributed by atoms with Crippen molar-refractivity contribution in [3.63, 3.8) is 0 Å². The number of rotatable bonds is 6. The third-order valence-corrected chi connectivity index (χ3v) is 3.43. The fourth-order valence-corrected chi connectivity index (χ4v) is 2.31. The minimum Gasteiger partial charge on any atom is -0.324 e. The van der Waals surface area contributed by atoms with E-state index in [1.807, 2.05) is 0 Å². The van der Waals surface area contributed by atoms with E-state index >= 15 is 0 Å². The Morgan fingerprint density at radius 2 is 1.81 bits per heavy atom. The van der Waals surface area contributed by atoms with Crippen LogP contribution >= 0.6 is 0 Å². The molecule has 0 fully saturated rings. The summed E-state index contributed by atoms with van der Waals surface area (Å²) in [6.45, 7) is 6.67. The van der Waals surface area contributed by atoms with E-state index in [0.29, 0.717) is 5.92 Å². The molecule has 1 atom stereocenters. The molecular weight excluding hydrogens is 194 g/mol. The van der Waals surface area contributed by atoms with Crippen molar-refractivity contribution in [2.24, 2.45) is 11.7 Å². The first-order chi connectivity index (χ1) is 7.72. The molecule has 90 valence electrons. The van der Waals surface area contributed by atoms with E-state index in [4.69, 9.17) is 5.73 Å². The van der Waals surface area contributed by atoms with E-state index in [2.05, 4.69) is 45.0 Å². The second kappa shape index (κ2) is 6.70. The lowest BCUT2D eigenvalue weighted by atomic mass is 9.88. The highest BCUT2D eigenvalue weighted by molar-refractivity contribution is 5.26. The maximum absolute atomic E-state index is 6.33. The van der Waals surface area contributed by atoms with Crippen LogP contribution in [0.5, 0.6) is 0 Å². The maximum Gasteiger partial charge on any atom is 0.0323 e. The van der Waals surface area contributed by atoms with Crippen molar-refractivity contribution in [1.29, 1.82) is 0 Å². The van der Waals surface area contributed by atoms with Gasteiger partial charge in [-0.3, -0.25) is 0 Å². The summed E-state index contributed by atoms with van der Waals surface area (Å²) in [6.07, 6.45) is 4.68. The van der Waals surface area contributed by atoms with Crippen molar-refractivity contribution in [2.75, 3.05) is 0 Å². The minimum absolute atomic E-state index is 0.201. The second-order valence-corrected chi connectivity index (χ2v) is 4.60. The number of benzene rings is 1. The Labute approximate surface area is 100 Å². The molecule has 0 aliphatic carbocycles. The summed E-state index contributed by atoms with van der Waals surface area (Å²) < 4.78 is 0. The summed E-state index contributed by atoms with van der Waals surface area (Å²) in [4.78, 5) is 0. The first kappa shape index (κ1) is 13.2. The van der Waals surface area contributed by atoms with Crippen LogP contribution in [0, 0.1) is 5.92 Å². The van der Waals surface area contributed by atoms with E-state index in [9.17, 15) is 0 Å². The van der Waals surface area contributed by atoms with Gasteiger partial charge in [0.2, 0.25) is 0 Å². The summed E-state index contributed by atoms with van der Waals surface area (Å²) in [5, 5.41) is 0. The van der Waals surface area contributed by atoms with E-state index in [0.717, 1.165) is 19.3 Å². The van der Waals surface area contributed by atoms with Gasteiger partial charge in [-0.25, -0.2) is 0 Å². The molecule has 0 heterocycles. The lowest BCUT2D eigenvalue weighted by Gasteiger charge is -2.22. The van der Waals surface area contributed by atoms with Crippen LogP contribution in [0.1, 0.15) is 57.2 Å². The van der Waals surface area contributed by atoms with Gasteiger partial charge in [-0.15, -0.1) is 0 Å². The lowest BCUT2D eigenvalue weighted by Crippen LogP contribution is -2.20. The molecule has 0 aromatic heterocycles. The minimum atomic E-state index is 0.201. The molecule has 0 saturated carbocycles. The van der Waals surface area contributed by atoms with Gasteiger partial charge in [-0.1, -0.05) is 64.3 Å². The molecule has 1 nitrogen and oxygen atoms in total. The first-order valence-corrected chi connectivity index (χ1v) is 6.57. The van der Waals surface area contributed by atoms with Crippen LogP contribution in [0.3, 0.4) is 0 Å². The predicted molar refractivity (Wildman–Crippen MR) is 71.4 cm³/mol. The largest absolute Gasteiger partial charge is 0.324 e. The van der Waals surface area contributed by atoms with Gasteiger partial charge < -0.3 is 5.73 Å². The van der Waals surface area contributed by atoms with Gasteiger partial charge >= 0.3 is 0 Å². The molecular formula is C15H25N. The van der Waals surface area contributed by atoms with E-state index in [1.54, 1.807) is 0 Å². The Balaban J connectivity index is 2.81. The summed E-state index contributed by atoms with van der Waals surface area (Å²) in [5.74, 6) is 0.608. The fraction of sp³-hybridized carbons (Fsp3) is 0.600. The SMILES string of the molecule is CCCc1cccc(C(N)C(CC)CC)c1. The molecule has 0 aliphatic heterocycles. The van der Waals surface area contributed by atoms with Gasteiger partial charge in [-0.05, 0) is 23.5 Å². The van der Waals surface area contributed by atoms with E-state index < -0.39 is 0 Å². The van der Waals surface area contributed by atoms with Crippen molar-refractivity contribution in [3.8, 4) is 0 Å². The zero-order valence-corrected chi connectivity index (χ0v) is 10.9. The molecule has 1 aromatic carbocycles. The normalized spacial score (nSPS) is 13.1. The Morgan fingerprint density at radius 1 is 1.12 bits per heavy atom. The van der Waals surface area contributed by atoms with Crippen LogP contribution in [-0.2, 0) is 6.42 Å². The van der Waals surface area contributed by atoms with Gasteiger partial charge in [0.25, 0.3) is 0 Å². The maximum atomic E-state index is 6.33. The summed E-state index contributed by atoms with van der Waals surface area (Å²) in [7, 11) is 0. The number of hydrogen-bond donors (Lipinski definition) is 1. The summed E-state index contributed by atoms with van der Waals surface area (Å²) >= 11 is 0. The number of hydrogen-bond acceptors (Lipinski definition) is 1. The predicted octanol–water partition coefficient (Wildman–Crippen LogP) is 4.08. The van der Waals surface area contributed by atoms with Crippen LogP contribution in [0.15, 0.2) is 24.3 Å². The number of nitrogens with two attached hydrogens (primary N) is 1. The lowest BCUT2D eigenvalue weighted by molar-refractivity contribution is 0.405. The van der Waals surface area contributed by atoms with Gasteiger partial charge in [0.1, 0.15) is 0 Å². The Bertz CT molecular complexity index is 302. The quantitative estimate of drug-likeness (QED) is 0.766. The standard InChI is InChI=1S/C15H25N/c1-4-8-12-9-7-10-14(11-12)15(16)13(5-2)6-3/h7,9-11,13,15H,4-6,8,16H2,1-3H3. The van der Waals surface area contributed by atoms with Gasteiger partial charge in [-0.2, -0.15) is 0 Å². The van der Waals surface area contributed by atoms with Crippen molar-refractivity contribution < 1.29 is 0 Å². The van der Waals surface area contributed by atoms with Crippen molar-refractivity contribution in [3.05, 3.63) is 35.4 Å². The molecule has 2 N–H and O–H groups in total. The van der Waals surface area contributed by atoms with Crippen LogP contribution in [0.25, 0.3) is 0 Å². The molecule has 0 aliphatic rings. The molecule has 1 rings (SSSR count). The molecule has 16 heavy (non-hydrogen) atoms. The topological polar surface area (TPSA) is 26.0 Å². The fourth-order valence-electron chi connectivity index (χ4n) is 2.31. The molecule has 1 aromatic rings. The number of aryl methyl sites for hydroxylation is 1. The molecule has 0 amide bonds. The van der Waals surface area contributed by atoms with Gasteiger partial charge in [0, 0.05) is 6.04 Å².